The summed E-state index contributed by atoms with van der Waals surface area (Å²) >= 11 is 0. The molecule has 0 bridgehead atoms. The van der Waals surface area contributed by atoms with Gasteiger partial charge < -0.3 is 10.2 Å². The lowest BCUT2D eigenvalue weighted by atomic mass is 9.80. The van der Waals surface area contributed by atoms with E-state index in [9.17, 15) is 4.79 Å². The van der Waals surface area contributed by atoms with Crippen LogP contribution in [0.5, 0.6) is 0 Å². The molecule has 1 N–H and O–H groups in total. The topological polar surface area (TPSA) is 50.2 Å². The van der Waals surface area contributed by atoms with Crippen molar-refractivity contribution in [2.45, 2.75) is 52.0 Å². The molecule has 3 rings (SSSR count). The minimum Gasteiger partial charge on any atom is -0.309 e. The predicted molar refractivity (Wildman–Crippen MR) is 87.7 cm³/mol. The van der Waals surface area contributed by atoms with Gasteiger partial charge in [-0.2, -0.15) is 5.10 Å². The molecule has 122 valence electrons. The van der Waals surface area contributed by atoms with Crippen molar-refractivity contribution in [3.63, 3.8) is 0 Å². The first-order chi connectivity index (χ1) is 10.6. The van der Waals surface area contributed by atoms with Crippen LogP contribution in [-0.4, -0.2) is 40.2 Å². The number of likely N-dealkylation sites (tertiary alicyclic amines) is 1. The van der Waals surface area contributed by atoms with Crippen LogP contribution in [0.25, 0.3) is 0 Å². The molecule has 1 aromatic heterocycles. The summed E-state index contributed by atoms with van der Waals surface area (Å²) in [7, 11) is 0. The van der Waals surface area contributed by atoms with E-state index in [0.29, 0.717) is 11.9 Å². The van der Waals surface area contributed by atoms with E-state index in [1.165, 1.54) is 45.7 Å². The van der Waals surface area contributed by atoms with Gasteiger partial charge in [-0.15, -0.1) is 0 Å². The third kappa shape index (κ3) is 3.69. The molecule has 0 aromatic carbocycles. The molecule has 1 saturated carbocycles. The van der Waals surface area contributed by atoms with Crippen molar-refractivity contribution in [1.82, 2.24) is 14.7 Å². The minimum absolute atomic E-state index is 0.0652. The summed E-state index contributed by atoms with van der Waals surface area (Å²) < 4.78 is 2.02. The summed E-state index contributed by atoms with van der Waals surface area (Å²) in [5, 5.41) is 7.23. The van der Waals surface area contributed by atoms with E-state index in [2.05, 4.69) is 22.2 Å². The first kappa shape index (κ1) is 15.5. The van der Waals surface area contributed by atoms with Crippen molar-refractivity contribution in [3.8, 4) is 0 Å². The number of nitrogens with one attached hydrogen (secondary N) is 1. The van der Waals surface area contributed by atoms with E-state index < -0.39 is 0 Å². The summed E-state index contributed by atoms with van der Waals surface area (Å²) in [5.41, 5.74) is 0. The van der Waals surface area contributed by atoms with Crippen LogP contribution >= 0.6 is 0 Å². The molecule has 2 fully saturated rings. The lowest BCUT2D eigenvalue weighted by Crippen LogP contribution is -2.32. The van der Waals surface area contributed by atoms with Crippen LogP contribution in [0.3, 0.4) is 0 Å². The number of hydrogen-bond donors (Lipinski definition) is 1. The zero-order chi connectivity index (χ0) is 15.5. The van der Waals surface area contributed by atoms with Gasteiger partial charge in [0.15, 0.2) is 5.82 Å². The molecule has 5 heteroatoms. The van der Waals surface area contributed by atoms with Gasteiger partial charge in [0, 0.05) is 38.8 Å². The second-order valence-corrected chi connectivity index (χ2v) is 7.09. The standard InChI is InChI=1S/C17H28N4O/c1-13-5-3-4-6-15(13)11-20-9-7-16(12-20)21-10-8-17(19-21)18-14(2)22/h8,10,13,15-16H,3-7,9,11-12H2,1-2H3,(H,18,19,22)/t13-,15-,16+/m0/s1. The molecule has 1 amide bonds. The van der Waals surface area contributed by atoms with Crippen molar-refractivity contribution in [2.75, 3.05) is 25.0 Å². The fourth-order valence-corrected chi connectivity index (χ4v) is 3.98. The molecule has 0 radical (unpaired) electrons. The monoisotopic (exact) mass is 304 g/mol. The summed E-state index contributed by atoms with van der Waals surface area (Å²) in [4.78, 5) is 13.7. The van der Waals surface area contributed by atoms with E-state index in [4.69, 9.17) is 0 Å². The molecule has 1 aromatic rings. The molecule has 1 aliphatic heterocycles. The molecular weight excluding hydrogens is 276 g/mol. The van der Waals surface area contributed by atoms with Gasteiger partial charge in [0.1, 0.15) is 0 Å². The van der Waals surface area contributed by atoms with Gasteiger partial charge >= 0.3 is 0 Å². The number of amides is 1. The summed E-state index contributed by atoms with van der Waals surface area (Å²) in [6, 6.07) is 2.33. The number of carbonyl (C=O) groups is 1. The van der Waals surface area contributed by atoms with Gasteiger partial charge in [-0.25, -0.2) is 0 Å². The van der Waals surface area contributed by atoms with Crippen molar-refractivity contribution < 1.29 is 4.79 Å². The molecule has 1 aliphatic carbocycles. The van der Waals surface area contributed by atoms with Gasteiger partial charge in [0.2, 0.25) is 5.91 Å². The Hall–Kier alpha value is -1.36. The second-order valence-electron chi connectivity index (χ2n) is 7.09. The first-order valence-corrected chi connectivity index (χ1v) is 8.67. The molecular formula is C17H28N4O. The Balaban J connectivity index is 1.53. The highest BCUT2D eigenvalue weighted by Gasteiger charge is 2.29. The Labute approximate surface area is 133 Å². The fourth-order valence-electron chi connectivity index (χ4n) is 3.98. The van der Waals surface area contributed by atoms with Crippen LogP contribution in [0.15, 0.2) is 12.3 Å². The Morgan fingerprint density at radius 2 is 2.18 bits per heavy atom. The quantitative estimate of drug-likeness (QED) is 0.930. The molecule has 22 heavy (non-hydrogen) atoms. The smallest absolute Gasteiger partial charge is 0.222 e. The van der Waals surface area contributed by atoms with E-state index in [1.54, 1.807) is 0 Å². The van der Waals surface area contributed by atoms with Gasteiger partial charge in [-0.3, -0.25) is 9.48 Å². The summed E-state index contributed by atoms with van der Waals surface area (Å²) in [6.45, 7) is 7.44. The molecule has 2 aliphatic rings. The second kappa shape index (κ2) is 6.82. The van der Waals surface area contributed by atoms with Crippen LogP contribution in [-0.2, 0) is 4.79 Å². The zero-order valence-corrected chi connectivity index (χ0v) is 13.8. The average Bonchev–Trinajstić information content (AvgIpc) is 3.10. The number of nitrogens with zero attached hydrogens (tertiary/aromatic N) is 3. The largest absolute Gasteiger partial charge is 0.309 e. The van der Waals surface area contributed by atoms with E-state index in [1.807, 2.05) is 16.9 Å². The third-order valence-electron chi connectivity index (χ3n) is 5.32. The van der Waals surface area contributed by atoms with Crippen LogP contribution in [0, 0.1) is 11.8 Å². The Kier molecular flexibility index (Phi) is 4.81. The number of carbonyl (C=O) groups excluding carboxylic acids is 1. The lowest BCUT2D eigenvalue weighted by molar-refractivity contribution is -0.114. The van der Waals surface area contributed by atoms with Gasteiger partial charge in [-0.05, 0) is 24.7 Å². The maximum absolute atomic E-state index is 11.1. The number of anilines is 1. The van der Waals surface area contributed by atoms with Gasteiger partial charge in [-0.1, -0.05) is 26.2 Å². The SMILES string of the molecule is CC(=O)Nc1ccn([C@@H]2CCN(C[C@@H]3CCCC[C@@H]3C)C2)n1. The molecule has 2 heterocycles. The average molecular weight is 304 g/mol. The highest BCUT2D eigenvalue weighted by molar-refractivity contribution is 5.87. The Bertz CT molecular complexity index is 513. The van der Waals surface area contributed by atoms with Crippen molar-refractivity contribution >= 4 is 11.7 Å². The van der Waals surface area contributed by atoms with Crippen molar-refractivity contribution in [3.05, 3.63) is 12.3 Å². The highest BCUT2D eigenvalue weighted by atomic mass is 16.1. The third-order valence-corrected chi connectivity index (χ3v) is 5.32. The molecule has 3 atom stereocenters. The number of aromatic nitrogens is 2. The van der Waals surface area contributed by atoms with Crippen LogP contribution < -0.4 is 5.32 Å². The maximum Gasteiger partial charge on any atom is 0.222 e. The van der Waals surface area contributed by atoms with Crippen LogP contribution in [0.2, 0.25) is 0 Å². The predicted octanol–water partition coefficient (Wildman–Crippen LogP) is 2.91. The van der Waals surface area contributed by atoms with Crippen LogP contribution in [0.4, 0.5) is 5.82 Å². The van der Waals surface area contributed by atoms with Crippen molar-refractivity contribution in [1.29, 1.82) is 0 Å². The number of rotatable bonds is 4. The van der Waals surface area contributed by atoms with Gasteiger partial charge in [0.25, 0.3) is 0 Å². The molecule has 0 spiro atoms. The maximum atomic E-state index is 11.1. The van der Waals surface area contributed by atoms with E-state index >= 15 is 0 Å². The summed E-state index contributed by atoms with van der Waals surface area (Å²) in [5.74, 6) is 2.35. The molecule has 0 unspecified atom stereocenters. The number of hydrogen-bond acceptors (Lipinski definition) is 3. The minimum atomic E-state index is -0.0652. The lowest BCUT2D eigenvalue weighted by Gasteiger charge is -2.32. The van der Waals surface area contributed by atoms with E-state index in [0.717, 1.165) is 24.8 Å². The molecule has 1 saturated heterocycles. The van der Waals surface area contributed by atoms with Crippen LogP contribution in [0.1, 0.15) is 52.0 Å². The molecule has 5 nitrogen and oxygen atoms in total. The highest BCUT2D eigenvalue weighted by Crippen LogP contribution is 2.32. The Morgan fingerprint density at radius 1 is 1.36 bits per heavy atom. The van der Waals surface area contributed by atoms with Gasteiger partial charge in [0.05, 0.1) is 6.04 Å². The zero-order valence-electron chi connectivity index (χ0n) is 13.8. The van der Waals surface area contributed by atoms with E-state index in [-0.39, 0.29) is 5.91 Å². The summed E-state index contributed by atoms with van der Waals surface area (Å²) in [6.07, 6.45) is 8.77. The first-order valence-electron chi connectivity index (χ1n) is 8.67. The Morgan fingerprint density at radius 3 is 2.95 bits per heavy atom. The van der Waals surface area contributed by atoms with Crippen molar-refractivity contribution in [2.24, 2.45) is 11.8 Å². The normalized spacial score (nSPS) is 29.6. The fraction of sp³-hybridized carbons (Fsp3) is 0.765.